The predicted molar refractivity (Wildman–Crippen MR) is 260 cm³/mol. The Morgan fingerprint density at radius 2 is 1.34 bits per heavy atom. The van der Waals surface area contributed by atoms with Gasteiger partial charge in [-0.15, -0.1) is 53.6 Å². The SMILES string of the molecule is CC(C)Cc1cc(-c2[c-]ccc(-c3ccccc3)c2)ncc1[Si](C)(C)C.Cc1cc(C)c(-c2ccc3c(c2)oc2c(-c4cc(Cc5ccccc5)ccn4)[c-]ccc23)c(C)c1.[Ir]. The van der Waals surface area contributed by atoms with E-state index in [0.29, 0.717) is 5.92 Å². The van der Waals surface area contributed by atoms with Crippen LogP contribution in [-0.2, 0) is 32.9 Å². The largest absolute Gasteiger partial charge is 0.501 e. The van der Waals surface area contributed by atoms with Crippen molar-refractivity contribution in [2.24, 2.45) is 5.92 Å². The quantitative estimate of drug-likeness (QED) is 0.107. The molecule has 62 heavy (non-hydrogen) atoms. The van der Waals surface area contributed by atoms with Gasteiger partial charge in [-0.3, -0.25) is 0 Å². The van der Waals surface area contributed by atoms with Crippen molar-refractivity contribution in [2.45, 2.75) is 67.1 Å². The van der Waals surface area contributed by atoms with Gasteiger partial charge in [0.1, 0.15) is 5.58 Å². The number of furan rings is 1. The molecule has 6 aromatic carbocycles. The van der Waals surface area contributed by atoms with Crippen molar-refractivity contribution >= 4 is 35.2 Å². The third-order valence-electron chi connectivity index (χ3n) is 11.3. The Hall–Kier alpha value is -5.71. The van der Waals surface area contributed by atoms with Crippen molar-refractivity contribution in [3.05, 3.63) is 197 Å². The molecule has 0 N–H and O–H groups in total. The molecule has 0 aliphatic rings. The smallest absolute Gasteiger partial charge is 0.121 e. The molecule has 0 aliphatic heterocycles. The number of nitrogens with zero attached hydrogens (tertiary/aromatic N) is 2. The van der Waals surface area contributed by atoms with Crippen LogP contribution in [0.5, 0.6) is 0 Å². The summed E-state index contributed by atoms with van der Waals surface area (Å²) in [4.78, 5) is 9.50. The maximum Gasteiger partial charge on any atom is 0.121 e. The van der Waals surface area contributed by atoms with E-state index in [-0.39, 0.29) is 20.1 Å². The van der Waals surface area contributed by atoms with E-state index in [9.17, 15) is 0 Å². The summed E-state index contributed by atoms with van der Waals surface area (Å²) in [5.74, 6) is 0.639. The first-order valence-corrected chi connectivity index (χ1v) is 24.9. The van der Waals surface area contributed by atoms with Crippen LogP contribution in [0, 0.1) is 38.8 Å². The van der Waals surface area contributed by atoms with E-state index in [4.69, 9.17) is 9.40 Å². The van der Waals surface area contributed by atoms with E-state index in [0.717, 1.165) is 57.3 Å². The van der Waals surface area contributed by atoms with Crippen molar-refractivity contribution in [2.75, 3.05) is 0 Å². The molecule has 9 aromatic rings. The fourth-order valence-corrected chi connectivity index (χ4v) is 10.2. The second kappa shape index (κ2) is 19.1. The third-order valence-corrected chi connectivity index (χ3v) is 13.4. The number of benzene rings is 6. The van der Waals surface area contributed by atoms with Gasteiger partial charge in [0.05, 0.1) is 13.7 Å². The maximum atomic E-state index is 6.49. The van der Waals surface area contributed by atoms with Crippen LogP contribution in [0.25, 0.3) is 66.7 Å². The predicted octanol–water partition coefficient (Wildman–Crippen LogP) is 14.6. The van der Waals surface area contributed by atoms with Gasteiger partial charge in [-0.1, -0.05) is 153 Å². The minimum Gasteiger partial charge on any atom is -0.501 e. The molecule has 3 aromatic heterocycles. The molecule has 0 amide bonds. The van der Waals surface area contributed by atoms with Crippen molar-refractivity contribution in [1.82, 2.24) is 9.97 Å². The molecular weight excluding hydrogens is 949 g/mol. The summed E-state index contributed by atoms with van der Waals surface area (Å²) in [6.07, 6.45) is 5.98. The van der Waals surface area contributed by atoms with Crippen LogP contribution < -0.4 is 5.19 Å². The summed E-state index contributed by atoms with van der Waals surface area (Å²) in [6, 6.07) is 55.7. The van der Waals surface area contributed by atoms with Crippen molar-refractivity contribution < 1.29 is 24.5 Å². The van der Waals surface area contributed by atoms with Crippen molar-refractivity contribution in [3.8, 4) is 44.8 Å². The number of pyridine rings is 2. The molecule has 9 rings (SSSR count). The number of hydrogen-bond acceptors (Lipinski definition) is 3. The molecule has 0 spiro atoms. The molecule has 5 heteroatoms. The third kappa shape index (κ3) is 9.98. The minimum absolute atomic E-state index is 0. The molecule has 0 saturated heterocycles. The summed E-state index contributed by atoms with van der Waals surface area (Å²) in [5.41, 5.74) is 18.3. The zero-order valence-corrected chi connectivity index (χ0v) is 40.5. The Kier molecular flexibility index (Phi) is 13.7. The first-order chi connectivity index (χ1) is 29.4. The summed E-state index contributed by atoms with van der Waals surface area (Å²) < 4.78 is 6.49. The standard InChI is InChI=1S/C33H26NO.C24H28NSi.Ir/c1-21-16-22(2)32(23(3)17-21)26-12-13-27-28-10-7-11-29(33(28)35-31(27)20-26)30-19-25(14-15-34-30)18-24-8-5-4-6-9-24;1-18(2)14-22-16-23(25-17-24(22)26(3,4)5)21-13-9-12-20(15-21)19-10-7-6-8-11-19;/h4-10,12-17,19-20H,18H2,1-3H3;6-12,15-18H,14H2,1-5H3;/q2*-1;. The average molecular weight is 1000 g/mol. The first-order valence-electron chi connectivity index (χ1n) is 21.4. The summed E-state index contributed by atoms with van der Waals surface area (Å²) in [5, 5.41) is 3.68. The molecule has 0 fully saturated rings. The Balaban J connectivity index is 0.000000192. The molecule has 1 radical (unpaired) electrons. The molecule has 0 unspecified atom stereocenters. The number of hydrogen-bond donors (Lipinski definition) is 0. The Labute approximate surface area is 382 Å². The van der Waals surface area contributed by atoms with Crippen LogP contribution in [0.4, 0.5) is 0 Å². The van der Waals surface area contributed by atoms with Crippen LogP contribution >= 0.6 is 0 Å². The van der Waals surface area contributed by atoms with Gasteiger partial charge in [0.2, 0.25) is 0 Å². The van der Waals surface area contributed by atoms with Gasteiger partial charge in [-0.25, -0.2) is 0 Å². The summed E-state index contributed by atoms with van der Waals surface area (Å²) in [6.45, 7) is 18.3. The van der Waals surface area contributed by atoms with Crippen LogP contribution in [0.15, 0.2) is 156 Å². The number of aromatic nitrogens is 2. The molecule has 313 valence electrons. The first kappa shape index (κ1) is 44.3. The molecule has 0 bridgehead atoms. The number of rotatable bonds is 9. The van der Waals surface area contributed by atoms with Gasteiger partial charge in [0, 0.05) is 37.9 Å². The fraction of sp³-hybridized carbons (Fsp3) is 0.193. The molecule has 0 saturated carbocycles. The summed E-state index contributed by atoms with van der Waals surface area (Å²) >= 11 is 0. The molecule has 0 aliphatic carbocycles. The Morgan fingerprint density at radius 1 is 0.629 bits per heavy atom. The molecule has 3 heterocycles. The zero-order chi connectivity index (χ0) is 42.7. The van der Waals surface area contributed by atoms with Crippen LogP contribution in [0.1, 0.15) is 47.2 Å². The van der Waals surface area contributed by atoms with E-state index in [1.165, 1.54) is 60.8 Å². The molecular formula is C57H54IrN2OSi-2. The Bertz CT molecular complexity index is 2940. The Morgan fingerprint density at radius 3 is 2.05 bits per heavy atom. The van der Waals surface area contributed by atoms with Gasteiger partial charge in [0.25, 0.3) is 0 Å². The second-order valence-corrected chi connectivity index (χ2v) is 22.9. The molecule has 3 nitrogen and oxygen atoms in total. The second-order valence-electron chi connectivity index (χ2n) is 17.8. The average Bonchev–Trinajstić information content (AvgIpc) is 3.62. The number of fused-ring (bicyclic) bond motifs is 3. The van der Waals surface area contributed by atoms with E-state index in [2.05, 4.69) is 193 Å². The zero-order valence-electron chi connectivity index (χ0n) is 37.1. The normalized spacial score (nSPS) is 11.4. The maximum absolute atomic E-state index is 6.49. The van der Waals surface area contributed by atoms with Crippen LogP contribution in [0.3, 0.4) is 0 Å². The van der Waals surface area contributed by atoms with Gasteiger partial charge < -0.3 is 14.4 Å². The number of aryl methyl sites for hydroxylation is 3. The van der Waals surface area contributed by atoms with Gasteiger partial charge >= 0.3 is 0 Å². The summed E-state index contributed by atoms with van der Waals surface area (Å²) in [7, 11) is -1.40. The van der Waals surface area contributed by atoms with Crippen molar-refractivity contribution in [1.29, 1.82) is 0 Å². The van der Waals surface area contributed by atoms with Crippen molar-refractivity contribution in [3.63, 3.8) is 0 Å². The van der Waals surface area contributed by atoms with E-state index in [1.807, 2.05) is 30.5 Å². The van der Waals surface area contributed by atoms with Crippen LogP contribution in [-0.4, -0.2) is 18.0 Å². The van der Waals surface area contributed by atoms with E-state index < -0.39 is 8.07 Å². The topological polar surface area (TPSA) is 38.9 Å². The minimum atomic E-state index is -1.40. The van der Waals surface area contributed by atoms with Crippen LogP contribution in [0.2, 0.25) is 19.6 Å². The monoisotopic (exact) mass is 1000 g/mol. The van der Waals surface area contributed by atoms with Gasteiger partial charge in [-0.05, 0) is 107 Å². The van der Waals surface area contributed by atoms with E-state index >= 15 is 0 Å². The fourth-order valence-electron chi connectivity index (χ4n) is 8.63. The van der Waals surface area contributed by atoms with Gasteiger partial charge in [0.15, 0.2) is 0 Å². The van der Waals surface area contributed by atoms with Gasteiger partial charge in [-0.2, -0.15) is 0 Å². The van der Waals surface area contributed by atoms with E-state index in [1.54, 1.807) is 0 Å². The molecule has 0 atom stereocenters.